The molecule has 2 fully saturated rings. The molecular weight excluding hydrogens is 407 g/mol. The van der Waals surface area contributed by atoms with Crippen molar-refractivity contribution in [3.63, 3.8) is 0 Å². The summed E-state index contributed by atoms with van der Waals surface area (Å²) in [5, 5.41) is 0. The highest BCUT2D eigenvalue weighted by Crippen LogP contribution is 2.41. The Morgan fingerprint density at radius 2 is 1.87 bits per heavy atom. The maximum Gasteiger partial charge on any atom is 0.416 e. The fraction of sp³-hybridized carbons (Fsp3) is 0.565. The largest absolute Gasteiger partial charge is 0.416 e. The molecule has 1 aliphatic carbocycles. The molecule has 0 unspecified atom stereocenters. The number of carbonyl (C=O) groups excluding carboxylic acids is 2. The predicted octanol–water partition coefficient (Wildman–Crippen LogP) is 3.89. The Morgan fingerprint density at radius 3 is 2.48 bits per heavy atom. The van der Waals surface area contributed by atoms with Crippen LogP contribution in [0.25, 0.3) is 0 Å². The highest BCUT2D eigenvalue weighted by atomic mass is 19.4. The predicted molar refractivity (Wildman–Crippen MR) is 112 cm³/mol. The number of anilines is 1. The summed E-state index contributed by atoms with van der Waals surface area (Å²) in [5.41, 5.74) is 0.827. The van der Waals surface area contributed by atoms with Crippen LogP contribution in [0.1, 0.15) is 49.3 Å². The van der Waals surface area contributed by atoms with Gasteiger partial charge in [0.25, 0.3) is 5.91 Å². The molecule has 168 valence electrons. The Morgan fingerprint density at radius 1 is 1.16 bits per heavy atom. The normalized spacial score (nSPS) is 20.2. The van der Waals surface area contributed by atoms with E-state index in [0.29, 0.717) is 36.6 Å². The average Bonchev–Trinajstić information content (AvgIpc) is 3.25. The van der Waals surface area contributed by atoms with Crippen LogP contribution in [-0.2, 0) is 22.2 Å². The van der Waals surface area contributed by atoms with Crippen LogP contribution in [0.3, 0.4) is 0 Å². The number of amides is 2. The first-order valence-corrected chi connectivity index (χ1v) is 11.0. The lowest BCUT2D eigenvalue weighted by atomic mass is 9.94. The minimum atomic E-state index is -4.45. The van der Waals surface area contributed by atoms with Gasteiger partial charge in [-0.05, 0) is 56.4 Å². The van der Waals surface area contributed by atoms with Crippen molar-refractivity contribution in [2.24, 2.45) is 0 Å². The van der Waals surface area contributed by atoms with E-state index >= 15 is 0 Å². The van der Waals surface area contributed by atoms with Crippen molar-refractivity contribution in [2.45, 2.75) is 58.2 Å². The van der Waals surface area contributed by atoms with E-state index in [2.05, 4.69) is 0 Å². The molecule has 8 heteroatoms. The Bertz CT molecular complexity index is 919. The number of carbonyl (C=O) groups is 2. The number of nitrogens with zero attached hydrogens (tertiary/aromatic N) is 3. The zero-order valence-electron chi connectivity index (χ0n) is 18.0. The van der Waals surface area contributed by atoms with Gasteiger partial charge in [-0.1, -0.05) is 18.9 Å². The fourth-order valence-electron chi connectivity index (χ4n) is 5.11. The minimum absolute atomic E-state index is 0.0265. The number of hydrogen-bond acceptors (Lipinski definition) is 3. The van der Waals surface area contributed by atoms with Crippen molar-refractivity contribution in [1.29, 1.82) is 0 Å². The zero-order chi connectivity index (χ0) is 22.3. The Balaban J connectivity index is 1.56. The van der Waals surface area contributed by atoms with Gasteiger partial charge in [-0.15, -0.1) is 0 Å². The van der Waals surface area contributed by atoms with Gasteiger partial charge in [0.15, 0.2) is 0 Å². The Kier molecular flexibility index (Phi) is 5.75. The molecule has 0 spiro atoms. The summed E-state index contributed by atoms with van der Waals surface area (Å²) in [7, 11) is 0. The molecule has 5 nitrogen and oxygen atoms in total. The second-order valence-corrected chi connectivity index (χ2v) is 8.60. The highest BCUT2D eigenvalue weighted by molar-refractivity contribution is 6.00. The van der Waals surface area contributed by atoms with Gasteiger partial charge in [0.05, 0.1) is 5.56 Å². The summed E-state index contributed by atoms with van der Waals surface area (Å²) in [4.78, 5) is 31.1. The summed E-state index contributed by atoms with van der Waals surface area (Å²) in [5.74, 6) is -0.330. The van der Waals surface area contributed by atoms with E-state index in [1.807, 2.05) is 11.8 Å². The summed E-state index contributed by atoms with van der Waals surface area (Å²) in [6.45, 7) is 4.80. The molecule has 0 bridgehead atoms. The van der Waals surface area contributed by atoms with E-state index in [-0.39, 0.29) is 36.4 Å². The molecule has 3 aliphatic rings. The molecule has 1 saturated heterocycles. The Labute approximate surface area is 180 Å². The monoisotopic (exact) mass is 435 g/mol. The quantitative estimate of drug-likeness (QED) is 0.724. The molecule has 1 aromatic carbocycles. The van der Waals surface area contributed by atoms with Crippen LogP contribution < -0.4 is 4.90 Å². The number of aryl methyl sites for hydroxylation is 1. The lowest BCUT2D eigenvalue weighted by molar-refractivity contribution is -0.145. The van der Waals surface area contributed by atoms with Crippen LogP contribution in [0, 0.1) is 6.92 Å². The molecule has 1 saturated carbocycles. The molecule has 4 rings (SSSR count). The van der Waals surface area contributed by atoms with Gasteiger partial charge in [0.1, 0.15) is 12.2 Å². The number of alkyl halides is 3. The third kappa shape index (κ3) is 4.04. The SMILES string of the molecule is CCN1C(C(=O)N2CCN(C3CCCC3)C(=O)C2)=CCc2c1cc(C)cc2C(F)(F)F. The van der Waals surface area contributed by atoms with Crippen LogP contribution in [0.2, 0.25) is 0 Å². The van der Waals surface area contributed by atoms with E-state index < -0.39 is 11.7 Å². The summed E-state index contributed by atoms with van der Waals surface area (Å²) in [6.07, 6.45) is 1.47. The molecule has 0 N–H and O–H groups in total. The first-order valence-electron chi connectivity index (χ1n) is 11.0. The number of benzene rings is 1. The molecule has 31 heavy (non-hydrogen) atoms. The summed E-state index contributed by atoms with van der Waals surface area (Å²) in [6, 6.07) is 3.15. The van der Waals surface area contributed by atoms with Crippen molar-refractivity contribution in [2.75, 3.05) is 31.1 Å². The maximum atomic E-state index is 13.6. The molecule has 2 amide bonds. The van der Waals surface area contributed by atoms with Crippen LogP contribution >= 0.6 is 0 Å². The van der Waals surface area contributed by atoms with E-state index in [0.717, 1.165) is 31.7 Å². The molecule has 0 atom stereocenters. The summed E-state index contributed by atoms with van der Waals surface area (Å²) >= 11 is 0. The lowest BCUT2D eigenvalue weighted by Crippen LogP contribution is -2.56. The van der Waals surface area contributed by atoms with Gasteiger partial charge in [-0.2, -0.15) is 13.2 Å². The topological polar surface area (TPSA) is 43.9 Å². The number of allylic oxidation sites excluding steroid dienone is 1. The van der Waals surface area contributed by atoms with Gasteiger partial charge in [0.2, 0.25) is 5.91 Å². The maximum absolute atomic E-state index is 13.6. The number of hydrogen-bond donors (Lipinski definition) is 0. The second-order valence-electron chi connectivity index (χ2n) is 8.60. The number of halogens is 3. The van der Waals surface area contributed by atoms with E-state index in [9.17, 15) is 22.8 Å². The molecule has 2 heterocycles. The number of rotatable bonds is 3. The van der Waals surface area contributed by atoms with Crippen molar-refractivity contribution in [3.8, 4) is 0 Å². The van der Waals surface area contributed by atoms with E-state index in [4.69, 9.17) is 0 Å². The third-order valence-corrected chi connectivity index (χ3v) is 6.60. The zero-order valence-corrected chi connectivity index (χ0v) is 18.0. The van der Waals surface area contributed by atoms with Gasteiger partial charge in [-0.25, -0.2) is 0 Å². The Hall–Kier alpha value is -2.51. The molecule has 2 aliphatic heterocycles. The van der Waals surface area contributed by atoms with Gasteiger partial charge < -0.3 is 14.7 Å². The first kappa shape index (κ1) is 21.7. The first-order chi connectivity index (χ1) is 14.7. The number of fused-ring (bicyclic) bond motifs is 1. The van der Waals surface area contributed by atoms with Crippen LogP contribution in [0.15, 0.2) is 23.9 Å². The third-order valence-electron chi connectivity index (χ3n) is 6.60. The van der Waals surface area contributed by atoms with Crippen LogP contribution in [0.5, 0.6) is 0 Å². The summed E-state index contributed by atoms with van der Waals surface area (Å²) < 4.78 is 40.8. The second kappa shape index (κ2) is 8.20. The fourth-order valence-corrected chi connectivity index (χ4v) is 5.11. The van der Waals surface area contributed by atoms with Crippen molar-refractivity contribution >= 4 is 17.5 Å². The molecule has 1 aromatic rings. The molecule has 0 radical (unpaired) electrons. The standard InChI is InChI=1S/C23H28F3N3O2/c1-3-28-19(9-8-17-18(23(24,25)26)12-15(2)13-20(17)28)22(31)27-10-11-29(21(30)14-27)16-6-4-5-7-16/h9,12-13,16H,3-8,10-11,14H2,1-2H3. The molecular formula is C23H28F3N3O2. The van der Waals surface area contributed by atoms with Gasteiger partial charge >= 0.3 is 6.18 Å². The van der Waals surface area contributed by atoms with Crippen molar-refractivity contribution in [3.05, 3.63) is 40.6 Å². The van der Waals surface area contributed by atoms with Gasteiger partial charge in [0, 0.05) is 31.4 Å². The minimum Gasteiger partial charge on any atom is -0.337 e. The van der Waals surface area contributed by atoms with E-state index in [1.54, 1.807) is 24.0 Å². The van der Waals surface area contributed by atoms with Crippen LogP contribution in [-0.4, -0.2) is 53.8 Å². The number of piperazine rings is 1. The van der Waals surface area contributed by atoms with Crippen molar-refractivity contribution < 1.29 is 22.8 Å². The smallest absolute Gasteiger partial charge is 0.337 e. The molecule has 0 aromatic heterocycles. The van der Waals surface area contributed by atoms with Crippen LogP contribution in [0.4, 0.5) is 18.9 Å². The average molecular weight is 435 g/mol. The highest BCUT2D eigenvalue weighted by Gasteiger charge is 2.39. The lowest BCUT2D eigenvalue weighted by Gasteiger charge is -2.40. The van der Waals surface area contributed by atoms with E-state index in [1.165, 1.54) is 4.90 Å². The number of likely N-dealkylation sites (N-methyl/N-ethyl adjacent to an activating group) is 1. The van der Waals surface area contributed by atoms with Gasteiger partial charge in [-0.3, -0.25) is 9.59 Å². The van der Waals surface area contributed by atoms with Crippen molar-refractivity contribution in [1.82, 2.24) is 9.80 Å².